The standard InChI is InChI=1S/C24H26N2O5/c1-3-17-18(12-7-11-16-9-5-4-6-10-16)26-14-8-13-19(31-15-20(27)30-2)22(26)21(17)23(28)24(25)29/h4-6,8-10,13-14H,3,7,11-12,15H2,1-2H3,(H2,25,29). The third kappa shape index (κ3) is 4.77. The number of hydrogen-bond acceptors (Lipinski definition) is 5. The Balaban J connectivity index is 2.05. The molecular formula is C24H26N2O5. The van der Waals surface area contributed by atoms with Crippen LogP contribution in [0, 0.1) is 0 Å². The van der Waals surface area contributed by atoms with Gasteiger partial charge in [0.1, 0.15) is 5.75 Å². The van der Waals surface area contributed by atoms with Gasteiger partial charge >= 0.3 is 5.97 Å². The first kappa shape index (κ1) is 22.1. The van der Waals surface area contributed by atoms with Gasteiger partial charge in [-0.2, -0.15) is 0 Å². The zero-order chi connectivity index (χ0) is 22.4. The second-order valence-corrected chi connectivity index (χ2v) is 7.14. The molecular weight excluding hydrogens is 396 g/mol. The van der Waals surface area contributed by atoms with Gasteiger partial charge in [-0.3, -0.25) is 9.59 Å². The summed E-state index contributed by atoms with van der Waals surface area (Å²) in [5, 5.41) is 0. The van der Waals surface area contributed by atoms with Crippen LogP contribution in [-0.4, -0.2) is 35.8 Å². The number of nitrogens with zero attached hydrogens (tertiary/aromatic N) is 1. The summed E-state index contributed by atoms with van der Waals surface area (Å²) in [5.41, 5.74) is 8.97. The third-order valence-electron chi connectivity index (χ3n) is 5.23. The molecule has 0 spiro atoms. The summed E-state index contributed by atoms with van der Waals surface area (Å²) in [6, 6.07) is 13.6. The number of carbonyl (C=O) groups is 3. The van der Waals surface area contributed by atoms with Crippen molar-refractivity contribution in [2.24, 2.45) is 5.73 Å². The maximum absolute atomic E-state index is 12.8. The molecule has 3 rings (SSSR count). The van der Waals surface area contributed by atoms with Crippen molar-refractivity contribution in [3.05, 3.63) is 71.0 Å². The molecule has 0 saturated carbocycles. The molecule has 0 aliphatic carbocycles. The van der Waals surface area contributed by atoms with Crippen LogP contribution in [0.1, 0.15) is 40.5 Å². The molecule has 1 aromatic carbocycles. The minimum absolute atomic E-state index is 0.241. The minimum Gasteiger partial charge on any atom is -0.480 e. The van der Waals surface area contributed by atoms with E-state index in [-0.39, 0.29) is 12.2 Å². The van der Waals surface area contributed by atoms with Crippen molar-refractivity contribution in [1.29, 1.82) is 0 Å². The fourth-order valence-corrected chi connectivity index (χ4v) is 3.83. The fourth-order valence-electron chi connectivity index (χ4n) is 3.83. The number of rotatable bonds is 10. The van der Waals surface area contributed by atoms with Crippen molar-refractivity contribution in [2.75, 3.05) is 13.7 Å². The van der Waals surface area contributed by atoms with Gasteiger partial charge < -0.3 is 19.6 Å². The van der Waals surface area contributed by atoms with E-state index in [2.05, 4.69) is 16.9 Å². The van der Waals surface area contributed by atoms with Crippen LogP contribution in [0.25, 0.3) is 5.52 Å². The van der Waals surface area contributed by atoms with Crippen molar-refractivity contribution >= 4 is 23.2 Å². The molecule has 0 aliphatic heterocycles. The molecule has 0 aliphatic rings. The van der Waals surface area contributed by atoms with Crippen LogP contribution in [0.15, 0.2) is 48.7 Å². The lowest BCUT2D eigenvalue weighted by Crippen LogP contribution is -2.24. The molecule has 2 N–H and O–H groups in total. The largest absolute Gasteiger partial charge is 0.480 e. The number of ether oxygens (including phenoxy) is 2. The number of esters is 1. The first-order chi connectivity index (χ1) is 15.0. The number of pyridine rings is 1. The van der Waals surface area contributed by atoms with E-state index in [1.165, 1.54) is 12.7 Å². The van der Waals surface area contributed by atoms with Gasteiger partial charge in [-0.05, 0) is 48.9 Å². The van der Waals surface area contributed by atoms with Crippen LogP contribution in [0.5, 0.6) is 5.75 Å². The molecule has 0 atom stereocenters. The SMILES string of the molecule is CCc1c(C(=O)C(N)=O)c2c(OCC(=O)OC)cccn2c1CCCc1ccccc1. The van der Waals surface area contributed by atoms with Gasteiger partial charge in [0.25, 0.3) is 11.7 Å². The van der Waals surface area contributed by atoms with E-state index in [0.717, 1.165) is 24.1 Å². The van der Waals surface area contributed by atoms with Crippen LogP contribution in [-0.2, 0) is 33.6 Å². The van der Waals surface area contributed by atoms with Gasteiger partial charge in [0.15, 0.2) is 6.61 Å². The summed E-state index contributed by atoms with van der Waals surface area (Å²) >= 11 is 0. The Labute approximate surface area is 180 Å². The molecule has 0 bridgehead atoms. The number of methoxy groups -OCH3 is 1. The molecule has 2 aromatic heterocycles. The summed E-state index contributed by atoms with van der Waals surface area (Å²) in [7, 11) is 1.27. The van der Waals surface area contributed by atoms with Crippen molar-refractivity contribution in [3.8, 4) is 5.75 Å². The number of nitrogens with two attached hydrogens (primary N) is 1. The number of benzene rings is 1. The van der Waals surface area contributed by atoms with E-state index >= 15 is 0 Å². The molecule has 2 heterocycles. The zero-order valence-electron chi connectivity index (χ0n) is 17.7. The number of amides is 1. The minimum atomic E-state index is -1.03. The second-order valence-electron chi connectivity index (χ2n) is 7.14. The molecule has 0 radical (unpaired) electrons. The molecule has 0 fully saturated rings. The summed E-state index contributed by atoms with van der Waals surface area (Å²) in [6.45, 7) is 1.62. The molecule has 0 unspecified atom stereocenters. The number of fused-ring (bicyclic) bond motifs is 1. The van der Waals surface area contributed by atoms with Gasteiger partial charge in [0.05, 0.1) is 18.2 Å². The number of primary amides is 1. The summed E-state index contributed by atoms with van der Waals surface area (Å²) in [5.74, 6) is -2.02. The van der Waals surface area contributed by atoms with E-state index in [1.807, 2.05) is 35.7 Å². The Bertz CT molecular complexity index is 1100. The zero-order valence-corrected chi connectivity index (χ0v) is 17.7. The maximum Gasteiger partial charge on any atom is 0.343 e. The van der Waals surface area contributed by atoms with Gasteiger partial charge in [-0.15, -0.1) is 0 Å². The number of hydrogen-bond donors (Lipinski definition) is 1. The Hall–Kier alpha value is -3.61. The fraction of sp³-hybridized carbons (Fsp3) is 0.292. The average molecular weight is 422 g/mol. The summed E-state index contributed by atoms with van der Waals surface area (Å²) in [6.07, 6.45) is 4.82. The number of Topliss-reactive ketones (excluding diaryl/α,β-unsaturated/α-hetero) is 1. The van der Waals surface area contributed by atoms with Crippen molar-refractivity contribution < 1.29 is 23.9 Å². The lowest BCUT2D eigenvalue weighted by atomic mass is 9.99. The first-order valence-corrected chi connectivity index (χ1v) is 10.2. The van der Waals surface area contributed by atoms with Crippen molar-refractivity contribution in [3.63, 3.8) is 0 Å². The Morgan fingerprint density at radius 3 is 2.42 bits per heavy atom. The lowest BCUT2D eigenvalue weighted by Gasteiger charge is -2.09. The van der Waals surface area contributed by atoms with Crippen LogP contribution in [0.4, 0.5) is 0 Å². The number of ketones is 1. The van der Waals surface area contributed by atoms with Gasteiger partial charge in [0.2, 0.25) is 0 Å². The van der Waals surface area contributed by atoms with Crippen LogP contribution < -0.4 is 10.5 Å². The smallest absolute Gasteiger partial charge is 0.343 e. The predicted octanol–water partition coefficient (Wildman–Crippen LogP) is 2.90. The molecule has 7 nitrogen and oxygen atoms in total. The van der Waals surface area contributed by atoms with Crippen LogP contribution >= 0.6 is 0 Å². The quantitative estimate of drug-likeness (QED) is 0.308. The van der Waals surface area contributed by atoms with Gasteiger partial charge in [-0.1, -0.05) is 37.3 Å². The second kappa shape index (κ2) is 9.93. The molecule has 1 amide bonds. The van der Waals surface area contributed by atoms with E-state index < -0.39 is 17.7 Å². The highest BCUT2D eigenvalue weighted by molar-refractivity contribution is 6.44. The first-order valence-electron chi connectivity index (χ1n) is 10.2. The number of aryl methyl sites for hydroxylation is 2. The summed E-state index contributed by atoms with van der Waals surface area (Å²) in [4.78, 5) is 36.1. The van der Waals surface area contributed by atoms with E-state index in [0.29, 0.717) is 24.1 Å². The number of carbonyl (C=O) groups excluding carboxylic acids is 3. The maximum atomic E-state index is 12.8. The highest BCUT2D eigenvalue weighted by Crippen LogP contribution is 2.33. The Morgan fingerprint density at radius 1 is 1.03 bits per heavy atom. The van der Waals surface area contributed by atoms with Crippen LogP contribution in [0.3, 0.4) is 0 Å². The molecule has 162 valence electrons. The van der Waals surface area contributed by atoms with E-state index in [1.54, 1.807) is 12.1 Å². The normalized spacial score (nSPS) is 10.8. The molecule has 0 saturated heterocycles. The molecule has 3 aromatic rings. The molecule has 7 heteroatoms. The number of aromatic nitrogens is 1. The summed E-state index contributed by atoms with van der Waals surface area (Å²) < 4.78 is 12.1. The predicted molar refractivity (Wildman–Crippen MR) is 116 cm³/mol. The topological polar surface area (TPSA) is 100 Å². The third-order valence-corrected chi connectivity index (χ3v) is 5.23. The van der Waals surface area contributed by atoms with Crippen molar-refractivity contribution in [2.45, 2.75) is 32.6 Å². The lowest BCUT2D eigenvalue weighted by molar-refractivity contribution is -0.142. The van der Waals surface area contributed by atoms with Crippen molar-refractivity contribution in [1.82, 2.24) is 4.40 Å². The van der Waals surface area contributed by atoms with Crippen LogP contribution in [0.2, 0.25) is 0 Å². The highest BCUT2D eigenvalue weighted by Gasteiger charge is 2.27. The Kier molecular flexibility index (Phi) is 7.07. The van der Waals surface area contributed by atoms with Gasteiger partial charge in [0, 0.05) is 11.9 Å². The molecule has 31 heavy (non-hydrogen) atoms. The highest BCUT2D eigenvalue weighted by atomic mass is 16.6. The average Bonchev–Trinajstić information content (AvgIpc) is 3.11. The monoisotopic (exact) mass is 422 g/mol. The van der Waals surface area contributed by atoms with Gasteiger partial charge in [-0.25, -0.2) is 4.79 Å². The van der Waals surface area contributed by atoms with E-state index in [4.69, 9.17) is 10.5 Å². The van der Waals surface area contributed by atoms with E-state index in [9.17, 15) is 14.4 Å². The Morgan fingerprint density at radius 2 is 1.77 bits per heavy atom.